The van der Waals surface area contributed by atoms with Crippen molar-refractivity contribution in [1.82, 2.24) is 15.0 Å². The molecule has 0 radical (unpaired) electrons. The normalized spacial score (nSPS) is 10.4. The van der Waals surface area contributed by atoms with Crippen LogP contribution in [-0.2, 0) is 0 Å². The first-order valence-corrected chi connectivity index (χ1v) is 9.55. The van der Waals surface area contributed by atoms with Crippen molar-refractivity contribution in [2.45, 2.75) is 0 Å². The van der Waals surface area contributed by atoms with Gasteiger partial charge in [-0.2, -0.15) is 0 Å². The van der Waals surface area contributed by atoms with Gasteiger partial charge in [0.1, 0.15) is 5.69 Å². The maximum Gasteiger partial charge on any atom is 0.340 e. The van der Waals surface area contributed by atoms with E-state index in [2.05, 4.69) is 48.5 Å². The molecule has 0 saturated heterocycles. The molecule has 5 aromatic rings. The van der Waals surface area contributed by atoms with Crippen LogP contribution in [0.4, 0.5) is 0 Å². The highest BCUT2D eigenvalue weighted by Gasteiger charge is 2.23. The Morgan fingerprint density at radius 1 is 0.533 bits per heavy atom. The molecule has 0 N–H and O–H groups in total. The number of hydrogen-bond donors (Lipinski definition) is 0. The largest absolute Gasteiger partial charge is 1.00 e. The van der Waals surface area contributed by atoms with E-state index in [0.717, 1.165) is 16.9 Å². The highest BCUT2D eigenvalue weighted by Crippen LogP contribution is 2.20. The monoisotopic (exact) mass is 410 g/mol. The lowest BCUT2D eigenvalue weighted by atomic mass is 10.1. The summed E-state index contributed by atoms with van der Waals surface area (Å²) in [6.07, 6.45) is 0. The molecule has 4 aromatic carbocycles. The molecule has 0 unspecified atom stereocenters. The van der Waals surface area contributed by atoms with E-state index in [1.165, 1.54) is 11.1 Å². The molecule has 30 heavy (non-hydrogen) atoms. The van der Waals surface area contributed by atoms with Crippen LogP contribution in [-0.4, -0.2) is 15.0 Å². The first-order valence-electron chi connectivity index (χ1n) is 9.55. The average molecular weight is 411 g/mol. The third-order valence-corrected chi connectivity index (χ3v) is 4.78. The number of hydrogen-bond acceptors (Lipinski definition) is 2. The van der Waals surface area contributed by atoms with Gasteiger partial charge in [-0.3, -0.25) is 0 Å². The van der Waals surface area contributed by atoms with Crippen LogP contribution in [0.5, 0.6) is 0 Å². The summed E-state index contributed by atoms with van der Waals surface area (Å²) in [5, 5.41) is 9.57. The maximum absolute atomic E-state index is 4.80. The van der Waals surface area contributed by atoms with Gasteiger partial charge in [0.2, 0.25) is 0 Å². The minimum absolute atomic E-state index is 0. The van der Waals surface area contributed by atoms with Crippen LogP contribution in [0.15, 0.2) is 115 Å². The van der Waals surface area contributed by atoms with Crippen molar-refractivity contribution in [2.24, 2.45) is 0 Å². The van der Waals surface area contributed by atoms with Crippen molar-refractivity contribution < 1.29 is 17.2 Å². The zero-order chi connectivity index (χ0) is 19.5. The second-order valence-corrected chi connectivity index (χ2v) is 6.72. The first-order chi connectivity index (χ1) is 14.4. The molecule has 0 saturated carbocycles. The minimum atomic E-state index is 0. The fourth-order valence-corrected chi connectivity index (χ4v) is 3.30. The molecule has 1 heterocycles. The predicted molar refractivity (Wildman–Crippen MR) is 114 cm³/mol. The lowest BCUT2D eigenvalue weighted by molar-refractivity contribution is -0.734. The number of halogens is 1. The van der Waals surface area contributed by atoms with Crippen LogP contribution in [0.25, 0.3) is 33.9 Å². The van der Waals surface area contributed by atoms with Crippen LogP contribution < -0.4 is 17.2 Å². The summed E-state index contributed by atoms with van der Waals surface area (Å²) in [7, 11) is 0. The van der Waals surface area contributed by atoms with Crippen LogP contribution >= 0.6 is 0 Å². The third kappa shape index (κ3) is 3.86. The zero-order valence-electron chi connectivity index (χ0n) is 16.1. The Morgan fingerprint density at radius 3 is 1.63 bits per heavy atom. The molecule has 0 amide bonds. The Kier molecular flexibility index (Phi) is 5.68. The van der Waals surface area contributed by atoms with E-state index in [1.807, 2.05) is 76.3 Å². The summed E-state index contributed by atoms with van der Waals surface area (Å²) in [6.45, 7) is 0. The van der Waals surface area contributed by atoms with Gasteiger partial charge in [-0.05, 0) is 69.6 Å². The zero-order valence-corrected chi connectivity index (χ0v) is 16.9. The van der Waals surface area contributed by atoms with E-state index in [4.69, 9.17) is 10.2 Å². The maximum atomic E-state index is 4.80. The Morgan fingerprint density at radius 2 is 1.03 bits per heavy atom. The molecule has 5 heteroatoms. The quantitative estimate of drug-likeness (QED) is 0.424. The van der Waals surface area contributed by atoms with Gasteiger partial charge in [-0.1, -0.05) is 66.7 Å². The van der Waals surface area contributed by atoms with Gasteiger partial charge in [0, 0.05) is 4.80 Å². The fourth-order valence-electron chi connectivity index (χ4n) is 3.30. The van der Waals surface area contributed by atoms with E-state index in [1.54, 1.807) is 0 Å². The third-order valence-electron chi connectivity index (χ3n) is 4.78. The number of tetrazole rings is 1. The summed E-state index contributed by atoms with van der Waals surface area (Å²) in [4.78, 5) is 3.67. The van der Waals surface area contributed by atoms with E-state index in [0.29, 0.717) is 5.82 Å². The molecule has 146 valence electrons. The van der Waals surface area contributed by atoms with Gasteiger partial charge in [0.15, 0.2) is 5.69 Å². The highest BCUT2D eigenvalue weighted by molar-refractivity contribution is 5.64. The number of rotatable bonds is 4. The molecule has 0 spiro atoms. The lowest BCUT2D eigenvalue weighted by Gasteiger charge is -2.03. The molecule has 0 aliphatic heterocycles. The summed E-state index contributed by atoms with van der Waals surface area (Å²) in [5.74, 6) is 0.682. The van der Waals surface area contributed by atoms with Crippen LogP contribution in [0.1, 0.15) is 0 Å². The minimum Gasteiger partial charge on any atom is -1.00 e. The number of benzene rings is 4. The van der Waals surface area contributed by atoms with Crippen molar-refractivity contribution in [3.8, 4) is 33.9 Å². The van der Waals surface area contributed by atoms with Gasteiger partial charge in [-0.25, -0.2) is 0 Å². The first kappa shape index (κ1) is 19.6. The van der Waals surface area contributed by atoms with Crippen molar-refractivity contribution >= 4 is 0 Å². The van der Waals surface area contributed by atoms with Gasteiger partial charge in [-0.15, -0.1) is 0 Å². The molecule has 0 atom stereocenters. The van der Waals surface area contributed by atoms with E-state index < -0.39 is 0 Å². The topological polar surface area (TPSA) is 34.6 Å². The predicted octanol–water partition coefficient (Wildman–Crippen LogP) is 1.88. The average Bonchev–Trinajstić information content (AvgIpc) is 3.27. The van der Waals surface area contributed by atoms with Crippen LogP contribution in [0.2, 0.25) is 0 Å². The Bertz CT molecular complexity index is 1220. The summed E-state index contributed by atoms with van der Waals surface area (Å²) in [5.41, 5.74) is 5.25. The molecule has 0 aliphatic rings. The second kappa shape index (κ2) is 8.72. The van der Waals surface area contributed by atoms with E-state index >= 15 is 0 Å². The highest BCUT2D eigenvalue weighted by atomic mass is 35.5. The number of aromatic nitrogens is 4. The molecule has 5 rings (SSSR count). The summed E-state index contributed by atoms with van der Waals surface area (Å²) in [6, 6.07) is 38.8. The molecule has 0 aliphatic carbocycles. The van der Waals surface area contributed by atoms with E-state index in [9.17, 15) is 0 Å². The van der Waals surface area contributed by atoms with Crippen molar-refractivity contribution in [3.63, 3.8) is 0 Å². The lowest BCUT2D eigenvalue weighted by Crippen LogP contribution is -3.00. The summed E-state index contributed by atoms with van der Waals surface area (Å²) >= 11 is 0. The molecule has 0 bridgehead atoms. The summed E-state index contributed by atoms with van der Waals surface area (Å²) < 4.78 is 0. The molecular weight excluding hydrogens is 392 g/mol. The van der Waals surface area contributed by atoms with Gasteiger partial charge >= 0.3 is 5.82 Å². The van der Waals surface area contributed by atoms with Crippen molar-refractivity contribution in [1.29, 1.82) is 0 Å². The SMILES string of the molecule is [Cl-].c1ccc(-c2ccc(-[n+]3nc(-c4ccccc4)nn3-c3ccccc3)cc2)cc1. The van der Waals surface area contributed by atoms with Crippen LogP contribution in [0, 0.1) is 0 Å². The van der Waals surface area contributed by atoms with Gasteiger partial charge < -0.3 is 12.4 Å². The number of nitrogens with zero attached hydrogens (tertiary/aromatic N) is 4. The van der Waals surface area contributed by atoms with Crippen molar-refractivity contribution in [2.75, 3.05) is 0 Å². The van der Waals surface area contributed by atoms with Gasteiger partial charge in [0.05, 0.1) is 10.7 Å². The van der Waals surface area contributed by atoms with Crippen molar-refractivity contribution in [3.05, 3.63) is 115 Å². The second-order valence-electron chi connectivity index (χ2n) is 6.72. The number of para-hydroxylation sites is 1. The molecule has 1 aromatic heterocycles. The molecule has 4 nitrogen and oxygen atoms in total. The smallest absolute Gasteiger partial charge is 0.340 e. The Balaban J connectivity index is 0.00000218. The molecule has 0 fully saturated rings. The standard InChI is InChI=1S/C25H19N4.ClH/c1-4-10-20(11-5-1)21-16-18-24(19-17-21)29-27-25(22-12-6-2-7-13-22)26-28(29)23-14-8-3-9-15-23;/h1-19H;1H/q+1;/p-1. The molecular formula is C25H19ClN4. The fraction of sp³-hybridized carbons (Fsp3) is 0. The van der Waals surface area contributed by atoms with Gasteiger partial charge in [0.25, 0.3) is 0 Å². The van der Waals surface area contributed by atoms with Crippen LogP contribution in [0.3, 0.4) is 0 Å². The van der Waals surface area contributed by atoms with E-state index in [-0.39, 0.29) is 12.4 Å². The Labute approximate surface area is 181 Å². The Hall–Kier alpha value is -3.76.